The second-order valence-electron chi connectivity index (χ2n) is 4.81. The fraction of sp³-hybridized carbons (Fsp3) is 0.462. The van der Waals surface area contributed by atoms with E-state index in [1.165, 1.54) is 32.1 Å². The Hall–Kier alpha value is -1.91. The van der Waals surface area contributed by atoms with E-state index in [1.54, 1.807) is 12.4 Å². The lowest BCUT2D eigenvalue weighted by Crippen LogP contribution is -2.09. The summed E-state index contributed by atoms with van der Waals surface area (Å²) in [5.41, 5.74) is 1.20. The van der Waals surface area contributed by atoms with Crippen molar-refractivity contribution in [3.8, 4) is 0 Å². The summed E-state index contributed by atoms with van der Waals surface area (Å²) < 4.78 is 1.83. The van der Waals surface area contributed by atoms with Crippen LogP contribution in [-0.2, 0) is 0 Å². The first-order valence-corrected chi connectivity index (χ1v) is 6.33. The number of nitrogens with zero attached hydrogens (tertiary/aromatic N) is 3. The molecule has 1 aliphatic carbocycles. The number of fused-ring (bicyclic) bond motifs is 1. The highest BCUT2D eigenvalue weighted by Crippen LogP contribution is 2.32. The van der Waals surface area contributed by atoms with Crippen LogP contribution in [0.25, 0.3) is 5.78 Å². The van der Waals surface area contributed by atoms with E-state index in [-0.39, 0.29) is 5.69 Å². The molecule has 2 aromatic rings. The molecule has 3 rings (SSSR count). The maximum atomic E-state index is 11.0. The summed E-state index contributed by atoms with van der Waals surface area (Å²) in [6.07, 6.45) is 9.42. The normalized spacial score (nSPS) is 17.1. The quantitative estimate of drug-likeness (QED) is 0.882. The number of carbonyl (C=O) groups is 1. The summed E-state index contributed by atoms with van der Waals surface area (Å²) in [6, 6.07) is 1.98. The van der Waals surface area contributed by atoms with Crippen molar-refractivity contribution in [1.29, 1.82) is 0 Å². The summed E-state index contributed by atoms with van der Waals surface area (Å²) >= 11 is 0. The highest BCUT2D eigenvalue weighted by Gasteiger charge is 2.19. The Bertz CT molecular complexity index is 585. The molecule has 0 aromatic carbocycles. The molecule has 0 amide bonds. The van der Waals surface area contributed by atoms with Gasteiger partial charge in [0, 0.05) is 18.1 Å². The van der Waals surface area contributed by atoms with Crippen molar-refractivity contribution in [2.75, 3.05) is 0 Å². The Balaban J connectivity index is 2.07. The Kier molecular flexibility index (Phi) is 2.74. The van der Waals surface area contributed by atoms with Gasteiger partial charge in [-0.2, -0.15) is 0 Å². The van der Waals surface area contributed by atoms with Crippen LogP contribution in [0.3, 0.4) is 0 Å². The number of rotatable bonds is 2. The zero-order valence-electron chi connectivity index (χ0n) is 10.0. The van der Waals surface area contributed by atoms with Gasteiger partial charge in [0.15, 0.2) is 5.69 Å². The lowest BCUT2D eigenvalue weighted by atomic mass is 9.87. The van der Waals surface area contributed by atoms with Crippen LogP contribution in [0.1, 0.15) is 54.2 Å². The molecule has 5 heteroatoms. The molecule has 5 nitrogen and oxygen atoms in total. The second-order valence-corrected chi connectivity index (χ2v) is 4.81. The summed E-state index contributed by atoms with van der Waals surface area (Å²) in [7, 11) is 0. The average molecular weight is 245 g/mol. The molecule has 0 unspecified atom stereocenters. The van der Waals surface area contributed by atoms with E-state index in [0.717, 1.165) is 5.69 Å². The van der Waals surface area contributed by atoms with Crippen LogP contribution in [0.15, 0.2) is 18.5 Å². The maximum absolute atomic E-state index is 11.0. The van der Waals surface area contributed by atoms with Gasteiger partial charge in [-0.3, -0.25) is 4.40 Å². The van der Waals surface area contributed by atoms with Gasteiger partial charge >= 0.3 is 5.97 Å². The highest BCUT2D eigenvalue weighted by atomic mass is 16.4. The smallest absolute Gasteiger partial charge is 0.356 e. The van der Waals surface area contributed by atoms with E-state index in [2.05, 4.69) is 9.97 Å². The van der Waals surface area contributed by atoms with Gasteiger partial charge in [0.2, 0.25) is 5.78 Å². The molecule has 1 saturated carbocycles. The first kappa shape index (κ1) is 11.2. The van der Waals surface area contributed by atoms with Gasteiger partial charge in [0.25, 0.3) is 0 Å². The monoisotopic (exact) mass is 245 g/mol. The Morgan fingerprint density at radius 3 is 2.83 bits per heavy atom. The van der Waals surface area contributed by atoms with Gasteiger partial charge in [0.05, 0.1) is 0 Å². The number of hydrogen-bond donors (Lipinski definition) is 1. The van der Waals surface area contributed by atoms with Crippen molar-refractivity contribution in [2.24, 2.45) is 0 Å². The summed E-state index contributed by atoms with van der Waals surface area (Å²) in [5, 5.41) is 8.98. The molecule has 0 bridgehead atoms. The third-order valence-electron chi connectivity index (χ3n) is 3.64. The maximum Gasteiger partial charge on any atom is 0.356 e. The van der Waals surface area contributed by atoms with Gasteiger partial charge < -0.3 is 5.11 Å². The number of carboxylic acid groups (broad SMARTS) is 1. The molecule has 1 N–H and O–H groups in total. The molecular formula is C13H15N3O2. The van der Waals surface area contributed by atoms with E-state index in [0.29, 0.717) is 11.7 Å². The molecule has 0 saturated heterocycles. The van der Waals surface area contributed by atoms with Gasteiger partial charge in [-0.05, 0) is 24.8 Å². The van der Waals surface area contributed by atoms with Gasteiger partial charge in [-0.1, -0.05) is 19.3 Å². The highest BCUT2D eigenvalue weighted by molar-refractivity contribution is 5.85. The van der Waals surface area contributed by atoms with E-state index < -0.39 is 5.97 Å². The topological polar surface area (TPSA) is 67.5 Å². The molecule has 0 aliphatic heterocycles. The lowest BCUT2D eigenvalue weighted by molar-refractivity contribution is 0.0691. The van der Waals surface area contributed by atoms with Crippen LogP contribution >= 0.6 is 0 Å². The van der Waals surface area contributed by atoms with Crippen molar-refractivity contribution in [3.05, 3.63) is 29.8 Å². The second kappa shape index (κ2) is 4.40. The number of hydrogen-bond acceptors (Lipinski definition) is 3. The number of carboxylic acids is 1. The molecule has 2 aromatic heterocycles. The third-order valence-corrected chi connectivity index (χ3v) is 3.64. The fourth-order valence-electron chi connectivity index (χ4n) is 2.75. The first-order valence-electron chi connectivity index (χ1n) is 6.33. The summed E-state index contributed by atoms with van der Waals surface area (Å²) in [6.45, 7) is 0. The van der Waals surface area contributed by atoms with Crippen LogP contribution in [-0.4, -0.2) is 25.4 Å². The molecule has 0 spiro atoms. The molecule has 2 heterocycles. The van der Waals surface area contributed by atoms with Crippen LogP contribution in [0.2, 0.25) is 0 Å². The molecule has 0 radical (unpaired) electrons. The predicted octanol–water partition coefficient (Wildman–Crippen LogP) is 2.48. The molecule has 1 fully saturated rings. The zero-order chi connectivity index (χ0) is 12.5. The first-order chi connectivity index (χ1) is 8.75. The summed E-state index contributed by atoms with van der Waals surface area (Å²) in [4.78, 5) is 19.1. The number of aromatic nitrogens is 3. The van der Waals surface area contributed by atoms with E-state index in [1.807, 2.05) is 10.5 Å². The van der Waals surface area contributed by atoms with Gasteiger partial charge in [-0.25, -0.2) is 14.8 Å². The minimum atomic E-state index is -1.00. The Morgan fingerprint density at radius 1 is 1.33 bits per heavy atom. The van der Waals surface area contributed by atoms with Crippen molar-refractivity contribution in [1.82, 2.24) is 14.4 Å². The van der Waals surface area contributed by atoms with Gasteiger partial charge in [-0.15, -0.1) is 0 Å². The lowest BCUT2D eigenvalue weighted by Gasteiger charge is -2.22. The number of aromatic carboxylic acids is 1. The molecule has 94 valence electrons. The number of imidazole rings is 1. The standard InChI is InChI=1S/C13H15N3O2/c17-12(18)10-8-16-11(6-7-14-13(16)15-10)9-4-2-1-3-5-9/h6-9H,1-5H2,(H,17,18). The molecular weight excluding hydrogens is 230 g/mol. The fourth-order valence-corrected chi connectivity index (χ4v) is 2.75. The third kappa shape index (κ3) is 1.85. The van der Waals surface area contributed by atoms with Gasteiger partial charge in [0.1, 0.15) is 0 Å². The minimum Gasteiger partial charge on any atom is -0.476 e. The minimum absolute atomic E-state index is 0.0609. The predicted molar refractivity (Wildman–Crippen MR) is 65.8 cm³/mol. The van der Waals surface area contributed by atoms with Crippen molar-refractivity contribution in [3.63, 3.8) is 0 Å². The Morgan fingerprint density at radius 2 is 2.11 bits per heavy atom. The van der Waals surface area contributed by atoms with Crippen LogP contribution in [0.5, 0.6) is 0 Å². The van der Waals surface area contributed by atoms with Crippen molar-refractivity contribution in [2.45, 2.75) is 38.0 Å². The van der Waals surface area contributed by atoms with E-state index >= 15 is 0 Å². The average Bonchev–Trinajstić information content (AvgIpc) is 2.83. The Labute approximate surface area is 104 Å². The largest absolute Gasteiger partial charge is 0.476 e. The molecule has 1 aliphatic rings. The van der Waals surface area contributed by atoms with Crippen LogP contribution < -0.4 is 0 Å². The van der Waals surface area contributed by atoms with Crippen molar-refractivity contribution < 1.29 is 9.90 Å². The van der Waals surface area contributed by atoms with Crippen LogP contribution in [0, 0.1) is 0 Å². The SMILES string of the molecule is O=C(O)c1cn2c(C3CCCCC3)ccnc2n1. The molecule has 18 heavy (non-hydrogen) atoms. The van der Waals surface area contributed by atoms with E-state index in [9.17, 15) is 4.79 Å². The summed E-state index contributed by atoms with van der Waals surface area (Å²) in [5.74, 6) is -0.0225. The zero-order valence-corrected chi connectivity index (χ0v) is 10.0. The molecule has 0 atom stereocenters. The van der Waals surface area contributed by atoms with Crippen LogP contribution in [0.4, 0.5) is 0 Å². The van der Waals surface area contributed by atoms with Crippen molar-refractivity contribution >= 4 is 11.7 Å². The van der Waals surface area contributed by atoms with E-state index in [4.69, 9.17) is 5.11 Å².